The van der Waals surface area contributed by atoms with Crippen LogP contribution >= 0.6 is 0 Å². The van der Waals surface area contributed by atoms with E-state index >= 15 is 4.39 Å². The summed E-state index contributed by atoms with van der Waals surface area (Å²) in [5.41, 5.74) is 5.77. The van der Waals surface area contributed by atoms with Gasteiger partial charge in [0.15, 0.2) is 0 Å². The number of anilines is 4. The monoisotopic (exact) mass is 683 g/mol. The van der Waals surface area contributed by atoms with Gasteiger partial charge in [0.2, 0.25) is 0 Å². The van der Waals surface area contributed by atoms with Gasteiger partial charge in [-0.2, -0.15) is 0 Å². The fourth-order valence-corrected chi connectivity index (χ4v) is 7.67. The lowest BCUT2D eigenvalue weighted by Crippen LogP contribution is -2.56. The number of ether oxygens (including phenoxy) is 1. The number of carbonyl (C=O) groups is 1. The van der Waals surface area contributed by atoms with Crippen LogP contribution < -0.4 is 20.7 Å². The maximum atomic E-state index is 15.4. The third kappa shape index (κ3) is 6.31. The summed E-state index contributed by atoms with van der Waals surface area (Å²) in [7, 11) is 1.63. The van der Waals surface area contributed by atoms with E-state index in [1.807, 2.05) is 38.2 Å². The van der Waals surface area contributed by atoms with E-state index in [0.29, 0.717) is 53.0 Å². The molecule has 50 heavy (non-hydrogen) atoms. The summed E-state index contributed by atoms with van der Waals surface area (Å²) >= 11 is 0. The number of piperazine rings is 1. The van der Waals surface area contributed by atoms with Crippen LogP contribution in [0.25, 0.3) is 11.1 Å². The van der Waals surface area contributed by atoms with Gasteiger partial charge in [0.25, 0.3) is 11.5 Å². The molecule has 0 bridgehead atoms. The molecule has 4 aliphatic rings. The Balaban J connectivity index is 0.00000193. The summed E-state index contributed by atoms with van der Waals surface area (Å²) < 4.78 is 24.2. The van der Waals surface area contributed by atoms with Crippen LogP contribution in [0.3, 0.4) is 0 Å². The van der Waals surface area contributed by atoms with E-state index in [-0.39, 0.29) is 17.2 Å². The first kappa shape index (κ1) is 34.0. The number of aryl methyl sites for hydroxylation is 2. The Bertz CT molecular complexity index is 1930. The number of aliphatic hydroxyl groups excluding tert-OH is 1. The summed E-state index contributed by atoms with van der Waals surface area (Å²) in [5.74, 6) is -0.230. The number of carbonyl (C=O) groups excluding carboxylic acids is 1. The molecular formula is C38H46FN7O4. The zero-order valence-corrected chi connectivity index (χ0v) is 29.1. The number of hydrogen-bond acceptors (Lipinski definition) is 8. The second-order valence-electron chi connectivity index (χ2n) is 13.2. The molecule has 0 atom stereocenters. The van der Waals surface area contributed by atoms with Gasteiger partial charge in [0.05, 0.1) is 43.4 Å². The summed E-state index contributed by atoms with van der Waals surface area (Å²) in [5, 5.41) is 13.8. The molecule has 11 nitrogen and oxygen atoms in total. The van der Waals surface area contributed by atoms with Gasteiger partial charge >= 0.3 is 0 Å². The molecule has 12 heteroatoms. The number of halogens is 1. The molecule has 1 amide bonds. The van der Waals surface area contributed by atoms with Crippen molar-refractivity contribution in [2.75, 3.05) is 61.1 Å². The van der Waals surface area contributed by atoms with E-state index in [0.717, 1.165) is 70.8 Å². The van der Waals surface area contributed by atoms with Crippen LogP contribution in [-0.4, -0.2) is 82.0 Å². The van der Waals surface area contributed by atoms with E-state index in [1.165, 1.54) is 28.0 Å². The summed E-state index contributed by atoms with van der Waals surface area (Å²) in [4.78, 5) is 38.0. The Morgan fingerprint density at radius 3 is 2.46 bits per heavy atom. The van der Waals surface area contributed by atoms with Crippen molar-refractivity contribution in [3.63, 3.8) is 0 Å². The van der Waals surface area contributed by atoms with Crippen molar-refractivity contribution in [1.29, 1.82) is 0 Å². The summed E-state index contributed by atoms with van der Waals surface area (Å²) in [6.45, 7) is 9.99. The third-order valence-electron chi connectivity index (χ3n) is 10.4. The highest BCUT2D eigenvalue weighted by Crippen LogP contribution is 2.37. The van der Waals surface area contributed by atoms with Gasteiger partial charge in [0.1, 0.15) is 23.0 Å². The van der Waals surface area contributed by atoms with Gasteiger partial charge in [-0.3, -0.25) is 14.5 Å². The summed E-state index contributed by atoms with van der Waals surface area (Å²) in [6, 6.07) is 10.7. The van der Waals surface area contributed by atoms with Crippen molar-refractivity contribution >= 4 is 28.8 Å². The lowest BCUT2D eigenvalue weighted by atomic mass is 9.97. The SMILES string of the molecule is CC.Cn1cc(-c2cc(F)cc(N3CCn4c(cc5c4CCCC5)C3=O)c2CO)cc(Nc2ccc(N3CCN(C4COC4)CC3)cn2)c1=O. The molecule has 0 radical (unpaired) electrons. The van der Waals surface area contributed by atoms with Crippen LogP contribution in [0.1, 0.15) is 54.0 Å². The number of aliphatic hydroxyl groups is 1. The lowest BCUT2D eigenvalue weighted by molar-refractivity contribution is -0.0660. The van der Waals surface area contributed by atoms with E-state index in [1.54, 1.807) is 24.2 Å². The molecule has 1 aromatic carbocycles. The minimum Gasteiger partial charge on any atom is -0.392 e. The molecule has 6 heterocycles. The number of hydrogen-bond donors (Lipinski definition) is 2. The van der Waals surface area contributed by atoms with Gasteiger partial charge in [-0.15, -0.1) is 0 Å². The predicted octanol–water partition coefficient (Wildman–Crippen LogP) is 4.71. The Labute approximate surface area is 291 Å². The highest BCUT2D eigenvalue weighted by atomic mass is 19.1. The van der Waals surface area contributed by atoms with E-state index in [2.05, 4.69) is 24.7 Å². The normalized spacial score (nSPS) is 17.8. The van der Waals surface area contributed by atoms with Crippen LogP contribution in [0.15, 0.2) is 53.6 Å². The Kier molecular flexibility index (Phi) is 9.76. The second-order valence-corrected chi connectivity index (χ2v) is 13.2. The highest BCUT2D eigenvalue weighted by molar-refractivity contribution is 6.07. The van der Waals surface area contributed by atoms with Crippen LogP contribution in [-0.2, 0) is 37.8 Å². The molecule has 0 unspecified atom stereocenters. The average molecular weight is 684 g/mol. The number of pyridine rings is 2. The number of nitrogens with one attached hydrogen (secondary N) is 1. The van der Waals surface area contributed by atoms with Gasteiger partial charge in [0, 0.05) is 69.3 Å². The van der Waals surface area contributed by atoms with Crippen molar-refractivity contribution in [3.8, 4) is 11.1 Å². The maximum absolute atomic E-state index is 15.4. The Hall–Kier alpha value is -4.52. The van der Waals surface area contributed by atoms with Crippen LogP contribution in [0.5, 0.6) is 0 Å². The highest BCUT2D eigenvalue weighted by Gasteiger charge is 2.32. The van der Waals surface area contributed by atoms with E-state index in [4.69, 9.17) is 4.74 Å². The Morgan fingerprint density at radius 1 is 0.980 bits per heavy atom. The van der Waals surface area contributed by atoms with Crippen LogP contribution in [0.4, 0.5) is 27.3 Å². The molecule has 0 spiro atoms. The standard InChI is InChI=1S/C36H40FN7O4.C2H6/c1-40-19-24(14-30(35(40)46)39-34-7-6-26(18-38-34)41-8-10-42(11-9-41)27-21-48-22-27)28-16-25(37)17-32(29(28)20-45)44-13-12-43-31-5-3-2-4-23(31)15-33(43)36(44)47;1-2/h6-7,14-19,27,45H,2-5,8-13,20-22H2,1H3,(H,38,39);1-2H3. The Morgan fingerprint density at radius 2 is 1.76 bits per heavy atom. The first-order chi connectivity index (χ1) is 24.4. The van der Waals surface area contributed by atoms with Crippen molar-refractivity contribution in [2.24, 2.45) is 7.05 Å². The number of rotatable bonds is 7. The van der Waals surface area contributed by atoms with Gasteiger partial charge in [-0.25, -0.2) is 9.37 Å². The van der Waals surface area contributed by atoms with Crippen molar-refractivity contribution in [1.82, 2.24) is 19.0 Å². The number of fused-ring (bicyclic) bond motifs is 3. The fraction of sp³-hybridized carbons (Fsp3) is 0.447. The minimum absolute atomic E-state index is 0.200. The van der Waals surface area contributed by atoms with E-state index in [9.17, 15) is 14.7 Å². The van der Waals surface area contributed by atoms with Crippen molar-refractivity contribution in [2.45, 2.75) is 58.7 Å². The summed E-state index contributed by atoms with van der Waals surface area (Å²) in [6.07, 6.45) is 7.58. The molecule has 2 fully saturated rings. The smallest absolute Gasteiger partial charge is 0.274 e. The predicted molar refractivity (Wildman–Crippen MR) is 193 cm³/mol. The second kappa shape index (κ2) is 14.4. The topological polar surface area (TPSA) is 108 Å². The minimum atomic E-state index is -0.535. The number of amides is 1. The van der Waals surface area contributed by atoms with Crippen molar-refractivity contribution < 1.29 is 19.0 Å². The molecule has 2 saturated heterocycles. The lowest BCUT2D eigenvalue weighted by Gasteiger charge is -2.43. The first-order valence-corrected chi connectivity index (χ1v) is 17.8. The number of aromatic nitrogens is 3. The molecule has 0 saturated carbocycles. The molecule has 4 aromatic rings. The largest absolute Gasteiger partial charge is 0.392 e. The van der Waals surface area contributed by atoms with Crippen LogP contribution in [0, 0.1) is 5.82 Å². The average Bonchev–Trinajstić information content (AvgIpc) is 3.50. The van der Waals surface area contributed by atoms with Gasteiger partial charge in [-0.05, 0) is 73.2 Å². The van der Waals surface area contributed by atoms with E-state index < -0.39 is 12.4 Å². The maximum Gasteiger partial charge on any atom is 0.274 e. The van der Waals surface area contributed by atoms with Gasteiger partial charge in [-0.1, -0.05) is 13.8 Å². The van der Waals surface area contributed by atoms with Crippen molar-refractivity contribution in [3.05, 3.63) is 87.5 Å². The molecule has 3 aliphatic heterocycles. The first-order valence-electron chi connectivity index (χ1n) is 17.8. The number of nitrogens with zero attached hydrogens (tertiary/aromatic N) is 6. The number of benzene rings is 1. The quantitative estimate of drug-likeness (QED) is 0.289. The zero-order chi connectivity index (χ0) is 34.9. The molecular weight excluding hydrogens is 637 g/mol. The van der Waals surface area contributed by atoms with Gasteiger partial charge < -0.3 is 34.1 Å². The van der Waals surface area contributed by atoms with Crippen LogP contribution in [0.2, 0.25) is 0 Å². The molecule has 8 rings (SSSR count). The zero-order valence-electron chi connectivity index (χ0n) is 29.1. The fourth-order valence-electron chi connectivity index (χ4n) is 7.67. The molecule has 1 aliphatic carbocycles. The molecule has 264 valence electrons. The molecule has 2 N–H and O–H groups in total. The molecule has 3 aromatic heterocycles. The third-order valence-corrected chi connectivity index (χ3v) is 10.4.